The highest BCUT2D eigenvalue weighted by Crippen LogP contribution is 2.14. The van der Waals surface area contributed by atoms with Gasteiger partial charge < -0.3 is 10.1 Å². The lowest BCUT2D eigenvalue weighted by Gasteiger charge is -2.08. The molecule has 1 heterocycles. The van der Waals surface area contributed by atoms with Crippen molar-refractivity contribution in [3.8, 4) is 6.01 Å². The number of ether oxygens (including phenoxy) is 1. The van der Waals surface area contributed by atoms with E-state index >= 15 is 0 Å². The standard InChI is InChI=1S/C13H13ClF2N4O/c1-2-5-21-13-19-11(14)18-12(20-13)17-7-8-3-4-9(15)6-10(8)16/h3-4,6H,2,5,7H2,1H3,(H,17,18,19,20). The second-order valence-electron chi connectivity index (χ2n) is 4.15. The van der Waals surface area contributed by atoms with E-state index in [0.29, 0.717) is 6.61 Å². The number of benzene rings is 1. The number of rotatable bonds is 6. The Labute approximate surface area is 125 Å². The van der Waals surface area contributed by atoms with E-state index in [4.69, 9.17) is 16.3 Å². The van der Waals surface area contributed by atoms with Gasteiger partial charge >= 0.3 is 6.01 Å². The van der Waals surface area contributed by atoms with Gasteiger partial charge in [0.05, 0.1) is 6.61 Å². The van der Waals surface area contributed by atoms with E-state index in [0.717, 1.165) is 12.5 Å². The summed E-state index contributed by atoms with van der Waals surface area (Å²) in [4.78, 5) is 11.7. The van der Waals surface area contributed by atoms with Crippen LogP contribution in [0.2, 0.25) is 5.28 Å². The van der Waals surface area contributed by atoms with E-state index in [9.17, 15) is 8.78 Å². The summed E-state index contributed by atoms with van der Waals surface area (Å²) >= 11 is 5.76. The molecule has 1 aromatic heterocycles. The highest BCUT2D eigenvalue weighted by Gasteiger charge is 2.08. The zero-order valence-electron chi connectivity index (χ0n) is 11.2. The van der Waals surface area contributed by atoms with Gasteiger partial charge in [-0.15, -0.1) is 0 Å². The van der Waals surface area contributed by atoms with Gasteiger partial charge in [-0.25, -0.2) is 8.78 Å². The van der Waals surface area contributed by atoms with Gasteiger partial charge in [0.25, 0.3) is 0 Å². The Morgan fingerprint density at radius 2 is 2.05 bits per heavy atom. The highest BCUT2D eigenvalue weighted by molar-refractivity contribution is 6.28. The number of nitrogens with zero attached hydrogens (tertiary/aromatic N) is 3. The number of halogens is 3. The Hall–Kier alpha value is -2.02. The van der Waals surface area contributed by atoms with Gasteiger partial charge in [-0.2, -0.15) is 15.0 Å². The van der Waals surface area contributed by atoms with Crippen LogP contribution < -0.4 is 10.1 Å². The van der Waals surface area contributed by atoms with E-state index in [1.807, 2.05) is 6.92 Å². The molecule has 0 radical (unpaired) electrons. The third-order valence-electron chi connectivity index (χ3n) is 2.47. The van der Waals surface area contributed by atoms with Crippen LogP contribution in [0.15, 0.2) is 18.2 Å². The fourth-order valence-electron chi connectivity index (χ4n) is 1.51. The smallest absolute Gasteiger partial charge is 0.322 e. The van der Waals surface area contributed by atoms with Crippen molar-refractivity contribution in [3.05, 3.63) is 40.7 Å². The molecule has 0 amide bonds. The lowest BCUT2D eigenvalue weighted by atomic mass is 10.2. The van der Waals surface area contributed by atoms with Gasteiger partial charge in [0.15, 0.2) is 0 Å². The molecule has 0 saturated heterocycles. The second kappa shape index (κ2) is 7.12. The molecule has 0 saturated carbocycles. The van der Waals surface area contributed by atoms with Crippen LogP contribution in [0.4, 0.5) is 14.7 Å². The molecule has 8 heteroatoms. The number of anilines is 1. The van der Waals surface area contributed by atoms with Gasteiger partial charge in [-0.05, 0) is 24.1 Å². The number of hydrogen-bond acceptors (Lipinski definition) is 5. The van der Waals surface area contributed by atoms with Crippen LogP contribution in [0.25, 0.3) is 0 Å². The average Bonchev–Trinajstić information content (AvgIpc) is 2.43. The van der Waals surface area contributed by atoms with Crippen molar-refractivity contribution in [1.82, 2.24) is 15.0 Å². The summed E-state index contributed by atoms with van der Waals surface area (Å²) in [5.74, 6) is -1.12. The van der Waals surface area contributed by atoms with Gasteiger partial charge in [-0.3, -0.25) is 0 Å². The van der Waals surface area contributed by atoms with Crippen LogP contribution in [0.3, 0.4) is 0 Å². The maximum Gasteiger partial charge on any atom is 0.322 e. The molecule has 1 aromatic carbocycles. The molecular weight excluding hydrogens is 302 g/mol. The van der Waals surface area contributed by atoms with Gasteiger partial charge in [-0.1, -0.05) is 13.0 Å². The molecule has 0 aliphatic rings. The summed E-state index contributed by atoms with van der Waals surface area (Å²) in [6.07, 6.45) is 0.798. The summed E-state index contributed by atoms with van der Waals surface area (Å²) in [5.41, 5.74) is 0.281. The monoisotopic (exact) mass is 314 g/mol. The molecule has 0 unspecified atom stereocenters. The van der Waals surface area contributed by atoms with Crippen LogP contribution in [0, 0.1) is 11.6 Å². The molecular formula is C13H13ClF2N4O. The minimum Gasteiger partial charge on any atom is -0.463 e. The molecule has 0 aliphatic heterocycles. The average molecular weight is 315 g/mol. The Morgan fingerprint density at radius 1 is 1.24 bits per heavy atom. The number of nitrogens with one attached hydrogen (secondary N) is 1. The lowest BCUT2D eigenvalue weighted by molar-refractivity contribution is 0.291. The molecule has 2 aromatic rings. The molecule has 0 atom stereocenters. The predicted octanol–water partition coefficient (Wildman–Crippen LogP) is 3.20. The van der Waals surface area contributed by atoms with Crippen molar-refractivity contribution in [2.45, 2.75) is 19.9 Å². The first-order valence-corrected chi connectivity index (χ1v) is 6.68. The molecule has 21 heavy (non-hydrogen) atoms. The van der Waals surface area contributed by atoms with Crippen LogP contribution in [0.1, 0.15) is 18.9 Å². The van der Waals surface area contributed by atoms with E-state index in [1.165, 1.54) is 12.1 Å². The Balaban J connectivity index is 2.07. The molecule has 112 valence electrons. The molecule has 2 rings (SSSR count). The first-order valence-electron chi connectivity index (χ1n) is 6.30. The van der Waals surface area contributed by atoms with Crippen molar-refractivity contribution in [1.29, 1.82) is 0 Å². The lowest BCUT2D eigenvalue weighted by Crippen LogP contribution is -2.08. The fourth-order valence-corrected chi connectivity index (χ4v) is 1.66. The second-order valence-corrected chi connectivity index (χ2v) is 4.49. The third kappa shape index (κ3) is 4.49. The first-order chi connectivity index (χ1) is 10.1. The molecule has 0 spiro atoms. The number of hydrogen-bond donors (Lipinski definition) is 1. The van der Waals surface area contributed by atoms with Gasteiger partial charge in [0, 0.05) is 18.2 Å². The minimum absolute atomic E-state index is 0.0295. The number of aromatic nitrogens is 3. The SMILES string of the molecule is CCCOc1nc(Cl)nc(NCc2ccc(F)cc2F)n1. The first kappa shape index (κ1) is 15.4. The summed E-state index contributed by atoms with van der Waals surface area (Å²) in [5, 5.41) is 2.76. The van der Waals surface area contributed by atoms with Crippen LogP contribution in [-0.4, -0.2) is 21.6 Å². The summed E-state index contributed by atoms with van der Waals surface area (Å²) in [6, 6.07) is 3.43. The van der Waals surface area contributed by atoms with E-state index in [1.54, 1.807) is 0 Å². The molecule has 1 N–H and O–H groups in total. The normalized spacial score (nSPS) is 10.5. The van der Waals surface area contributed by atoms with Crippen LogP contribution in [0.5, 0.6) is 6.01 Å². The highest BCUT2D eigenvalue weighted by atomic mass is 35.5. The fraction of sp³-hybridized carbons (Fsp3) is 0.308. The third-order valence-corrected chi connectivity index (χ3v) is 2.64. The topological polar surface area (TPSA) is 59.9 Å². The Bertz CT molecular complexity index is 627. The quantitative estimate of drug-likeness (QED) is 0.887. The largest absolute Gasteiger partial charge is 0.463 e. The summed E-state index contributed by atoms with van der Waals surface area (Å²) in [6.45, 7) is 2.48. The van der Waals surface area contributed by atoms with Gasteiger partial charge in [0.2, 0.25) is 11.2 Å². The van der Waals surface area contributed by atoms with Crippen molar-refractivity contribution in [2.75, 3.05) is 11.9 Å². The Morgan fingerprint density at radius 3 is 2.76 bits per heavy atom. The van der Waals surface area contributed by atoms with Crippen LogP contribution >= 0.6 is 11.6 Å². The summed E-state index contributed by atoms with van der Waals surface area (Å²) < 4.78 is 31.6. The van der Waals surface area contributed by atoms with Crippen molar-refractivity contribution in [2.24, 2.45) is 0 Å². The molecule has 0 bridgehead atoms. The molecule has 0 aliphatic carbocycles. The maximum absolute atomic E-state index is 13.5. The van der Waals surface area contributed by atoms with Gasteiger partial charge in [0.1, 0.15) is 11.6 Å². The van der Waals surface area contributed by atoms with E-state index in [-0.39, 0.29) is 29.4 Å². The molecule has 0 fully saturated rings. The Kier molecular flexibility index (Phi) is 5.21. The van der Waals surface area contributed by atoms with E-state index in [2.05, 4.69) is 20.3 Å². The predicted molar refractivity (Wildman–Crippen MR) is 74.3 cm³/mol. The summed E-state index contributed by atoms with van der Waals surface area (Å²) in [7, 11) is 0. The zero-order chi connectivity index (χ0) is 15.2. The molecule has 5 nitrogen and oxygen atoms in total. The van der Waals surface area contributed by atoms with Crippen molar-refractivity contribution < 1.29 is 13.5 Å². The zero-order valence-corrected chi connectivity index (χ0v) is 12.0. The maximum atomic E-state index is 13.5. The van der Waals surface area contributed by atoms with Crippen molar-refractivity contribution in [3.63, 3.8) is 0 Å². The minimum atomic E-state index is -0.648. The van der Waals surface area contributed by atoms with Crippen LogP contribution in [-0.2, 0) is 6.54 Å². The van der Waals surface area contributed by atoms with E-state index < -0.39 is 11.6 Å². The van der Waals surface area contributed by atoms with Crippen molar-refractivity contribution >= 4 is 17.5 Å².